The Bertz CT molecular complexity index is 1380. The van der Waals surface area contributed by atoms with E-state index in [1.807, 2.05) is 0 Å². The average Bonchev–Trinajstić information content (AvgIpc) is 3.37. The standard InChI is InChI=1S/C18H15ClN4O5S2/c19-14-6-5-13(11-21-29(24,25)17-7-8-20-22-17)15(10-14)23-30(26,27)18-9-12-3-1-2-4-16(12)28-18/h1-10,21,23H,11H2,(H,20,22). The van der Waals surface area contributed by atoms with Gasteiger partial charge in [-0.15, -0.1) is 0 Å². The Morgan fingerprint density at radius 1 is 1.00 bits per heavy atom. The van der Waals surface area contributed by atoms with Gasteiger partial charge in [0.15, 0.2) is 5.03 Å². The molecule has 0 aliphatic heterocycles. The summed E-state index contributed by atoms with van der Waals surface area (Å²) < 4.78 is 60.5. The molecule has 0 aliphatic rings. The molecule has 0 aliphatic carbocycles. The number of hydrogen-bond acceptors (Lipinski definition) is 6. The largest absolute Gasteiger partial charge is 0.443 e. The first-order valence-electron chi connectivity index (χ1n) is 8.53. The highest BCUT2D eigenvalue weighted by atomic mass is 35.5. The minimum atomic E-state index is -4.08. The van der Waals surface area contributed by atoms with Crippen LogP contribution in [0.15, 0.2) is 75.3 Å². The van der Waals surface area contributed by atoms with Crippen molar-refractivity contribution >= 4 is 48.3 Å². The SMILES string of the molecule is O=S(=O)(NCc1ccc(Cl)cc1NS(=O)(=O)c1cc2ccccc2o1)c1ccn[nH]1. The summed E-state index contributed by atoms with van der Waals surface area (Å²) in [5.41, 5.74) is 0.911. The monoisotopic (exact) mass is 466 g/mol. The number of sulfonamides is 2. The molecule has 12 heteroatoms. The Kier molecular flexibility index (Phi) is 5.28. The first kappa shape index (κ1) is 20.4. The number of anilines is 1. The van der Waals surface area contributed by atoms with E-state index in [1.165, 1.54) is 36.5 Å². The van der Waals surface area contributed by atoms with Crippen LogP contribution in [0.4, 0.5) is 5.69 Å². The highest BCUT2D eigenvalue weighted by molar-refractivity contribution is 7.92. The van der Waals surface area contributed by atoms with Crippen LogP contribution in [-0.2, 0) is 26.6 Å². The van der Waals surface area contributed by atoms with Crippen LogP contribution in [0.2, 0.25) is 5.02 Å². The van der Waals surface area contributed by atoms with Crippen LogP contribution in [-0.4, -0.2) is 27.0 Å². The maximum absolute atomic E-state index is 12.8. The lowest BCUT2D eigenvalue weighted by molar-refractivity contribution is 0.484. The smallest absolute Gasteiger partial charge is 0.295 e. The lowest BCUT2D eigenvalue weighted by Gasteiger charge is -2.13. The van der Waals surface area contributed by atoms with Crippen LogP contribution in [0, 0.1) is 0 Å². The maximum atomic E-state index is 12.8. The lowest BCUT2D eigenvalue weighted by atomic mass is 10.2. The molecular formula is C18H15ClN4O5S2. The van der Waals surface area contributed by atoms with Crippen molar-refractivity contribution in [3.8, 4) is 0 Å². The molecule has 0 amide bonds. The third kappa shape index (κ3) is 4.19. The number of aromatic nitrogens is 2. The van der Waals surface area contributed by atoms with E-state index in [2.05, 4.69) is 19.6 Å². The number of furan rings is 1. The Morgan fingerprint density at radius 2 is 1.80 bits per heavy atom. The van der Waals surface area contributed by atoms with Crippen molar-refractivity contribution in [1.29, 1.82) is 0 Å². The van der Waals surface area contributed by atoms with Crippen molar-refractivity contribution in [3.63, 3.8) is 0 Å². The zero-order chi connectivity index (χ0) is 21.4. The van der Waals surface area contributed by atoms with Gasteiger partial charge in [-0.3, -0.25) is 9.82 Å². The number of hydrogen-bond donors (Lipinski definition) is 3. The molecular weight excluding hydrogens is 452 g/mol. The fourth-order valence-corrected chi connectivity index (χ4v) is 4.87. The second-order valence-corrected chi connectivity index (χ2v) is 10.0. The topological polar surface area (TPSA) is 134 Å². The van der Waals surface area contributed by atoms with Crippen LogP contribution in [0.3, 0.4) is 0 Å². The molecule has 156 valence electrons. The Morgan fingerprint density at radius 3 is 2.53 bits per heavy atom. The second kappa shape index (κ2) is 7.76. The highest BCUT2D eigenvalue weighted by Crippen LogP contribution is 2.27. The lowest BCUT2D eigenvalue weighted by Crippen LogP contribution is -2.24. The summed E-state index contributed by atoms with van der Waals surface area (Å²) in [5.74, 6) is 0. The quantitative estimate of drug-likeness (QED) is 0.383. The molecule has 0 atom stereocenters. The zero-order valence-electron chi connectivity index (χ0n) is 15.2. The first-order chi connectivity index (χ1) is 14.2. The molecule has 0 bridgehead atoms. The fraction of sp³-hybridized carbons (Fsp3) is 0.0556. The molecule has 0 saturated carbocycles. The normalized spacial score (nSPS) is 12.3. The van der Waals surface area contributed by atoms with Gasteiger partial charge in [0.25, 0.3) is 20.0 Å². The van der Waals surface area contributed by atoms with Crippen LogP contribution in [0.5, 0.6) is 0 Å². The molecule has 0 spiro atoms. The molecule has 4 rings (SSSR count). The van der Waals surface area contributed by atoms with Crippen LogP contribution in [0.25, 0.3) is 11.0 Å². The minimum absolute atomic E-state index is 0.110. The molecule has 0 fully saturated rings. The minimum Gasteiger partial charge on any atom is -0.443 e. The first-order valence-corrected chi connectivity index (χ1v) is 11.9. The van der Waals surface area contributed by atoms with E-state index in [9.17, 15) is 16.8 Å². The molecule has 2 heterocycles. The molecule has 0 radical (unpaired) electrons. The van der Waals surface area contributed by atoms with Crippen LogP contribution in [0.1, 0.15) is 5.56 Å². The predicted octanol–water partition coefficient (Wildman–Crippen LogP) is 3.09. The molecule has 30 heavy (non-hydrogen) atoms. The van der Waals surface area contributed by atoms with Crippen molar-refractivity contribution in [2.75, 3.05) is 4.72 Å². The molecule has 3 N–H and O–H groups in total. The number of halogens is 1. The number of benzene rings is 2. The number of H-pyrrole nitrogens is 1. The van der Waals surface area contributed by atoms with Crippen molar-refractivity contribution in [3.05, 3.63) is 71.4 Å². The van der Waals surface area contributed by atoms with E-state index in [0.717, 1.165) is 0 Å². The summed E-state index contributed by atoms with van der Waals surface area (Å²) in [5, 5.41) is 6.50. The number of nitrogens with one attached hydrogen (secondary N) is 3. The molecule has 2 aromatic carbocycles. The second-order valence-electron chi connectivity index (χ2n) is 6.26. The van der Waals surface area contributed by atoms with Gasteiger partial charge in [0.2, 0.25) is 5.09 Å². The van der Waals surface area contributed by atoms with E-state index in [0.29, 0.717) is 16.5 Å². The maximum Gasteiger partial charge on any atom is 0.295 e. The van der Waals surface area contributed by atoms with E-state index >= 15 is 0 Å². The summed E-state index contributed by atoms with van der Waals surface area (Å²) in [7, 11) is -7.93. The molecule has 2 aromatic heterocycles. The summed E-state index contributed by atoms with van der Waals surface area (Å²) in [6.45, 7) is -0.184. The van der Waals surface area contributed by atoms with Crippen molar-refractivity contribution in [2.45, 2.75) is 16.7 Å². The summed E-state index contributed by atoms with van der Waals surface area (Å²) in [4.78, 5) is 0. The van der Waals surface area contributed by atoms with Crippen LogP contribution >= 0.6 is 11.6 Å². The van der Waals surface area contributed by atoms with E-state index in [4.69, 9.17) is 16.0 Å². The molecule has 9 nitrogen and oxygen atoms in total. The molecule has 4 aromatic rings. The summed E-state index contributed by atoms with van der Waals surface area (Å²) in [6.07, 6.45) is 1.31. The van der Waals surface area contributed by atoms with Gasteiger partial charge < -0.3 is 4.42 Å². The number of rotatable bonds is 7. The number of nitrogens with zero attached hydrogens (tertiary/aromatic N) is 1. The van der Waals surface area contributed by atoms with Gasteiger partial charge in [0, 0.05) is 23.0 Å². The average molecular weight is 467 g/mol. The van der Waals surface area contributed by atoms with E-state index < -0.39 is 20.0 Å². The Labute approximate surface area is 177 Å². The van der Waals surface area contributed by atoms with Crippen molar-refractivity contribution in [2.24, 2.45) is 0 Å². The third-order valence-corrected chi connectivity index (χ3v) is 6.99. The van der Waals surface area contributed by atoms with E-state index in [1.54, 1.807) is 24.3 Å². The van der Waals surface area contributed by atoms with Gasteiger partial charge in [0.05, 0.1) is 11.9 Å². The number of para-hydroxylation sites is 1. The van der Waals surface area contributed by atoms with Gasteiger partial charge in [0.1, 0.15) is 5.58 Å². The van der Waals surface area contributed by atoms with Gasteiger partial charge >= 0.3 is 0 Å². The fourth-order valence-electron chi connectivity index (χ4n) is 2.73. The summed E-state index contributed by atoms with van der Waals surface area (Å²) >= 11 is 6.02. The van der Waals surface area contributed by atoms with Crippen LogP contribution < -0.4 is 9.44 Å². The third-order valence-electron chi connectivity index (χ3n) is 4.20. The van der Waals surface area contributed by atoms with Crippen molar-refractivity contribution < 1.29 is 21.3 Å². The van der Waals surface area contributed by atoms with Crippen molar-refractivity contribution in [1.82, 2.24) is 14.9 Å². The molecule has 0 unspecified atom stereocenters. The Balaban J connectivity index is 1.61. The highest BCUT2D eigenvalue weighted by Gasteiger charge is 2.22. The number of aromatic amines is 1. The molecule has 0 saturated heterocycles. The van der Waals surface area contributed by atoms with Gasteiger partial charge in [-0.05, 0) is 29.8 Å². The zero-order valence-corrected chi connectivity index (χ0v) is 17.6. The Hall–Kier alpha value is -2.86. The van der Waals surface area contributed by atoms with E-state index in [-0.39, 0.29) is 27.4 Å². The van der Waals surface area contributed by atoms with Gasteiger partial charge in [-0.2, -0.15) is 13.5 Å². The summed E-state index contributed by atoms with van der Waals surface area (Å²) in [6, 6.07) is 14.0. The van der Waals surface area contributed by atoms with Gasteiger partial charge in [-0.1, -0.05) is 35.9 Å². The predicted molar refractivity (Wildman–Crippen MR) is 111 cm³/mol. The number of fused-ring (bicyclic) bond motifs is 1. The van der Waals surface area contributed by atoms with Gasteiger partial charge in [-0.25, -0.2) is 13.1 Å².